The van der Waals surface area contributed by atoms with Gasteiger partial charge in [0.15, 0.2) is 5.65 Å². The Bertz CT molecular complexity index is 1270. The maximum Gasteiger partial charge on any atom is 0.330 e. The van der Waals surface area contributed by atoms with Crippen LogP contribution in [0.2, 0.25) is 5.02 Å². The lowest BCUT2D eigenvalue weighted by atomic mass is 10.2. The Morgan fingerprint density at radius 2 is 1.87 bits per heavy atom. The van der Waals surface area contributed by atoms with Crippen LogP contribution in [0, 0.1) is 5.82 Å². The van der Waals surface area contributed by atoms with Gasteiger partial charge in [-0.3, -0.25) is 13.9 Å². The van der Waals surface area contributed by atoms with Crippen LogP contribution < -0.4 is 11.0 Å². The third-order valence-electron chi connectivity index (χ3n) is 4.76. The van der Waals surface area contributed by atoms with Gasteiger partial charge in [0.25, 0.3) is 5.91 Å². The number of imidazole rings is 1. The quantitative estimate of drug-likeness (QED) is 0.515. The molecule has 4 aromatic rings. The molecule has 0 atom stereocenters. The van der Waals surface area contributed by atoms with E-state index < -0.39 is 11.7 Å². The van der Waals surface area contributed by atoms with Crippen LogP contribution in [0.1, 0.15) is 15.9 Å². The Hall–Kier alpha value is -3.45. The number of pyridine rings is 1. The molecule has 0 aliphatic heterocycles. The van der Waals surface area contributed by atoms with Crippen molar-refractivity contribution in [3.05, 3.63) is 99.3 Å². The predicted octanol–water partition coefficient (Wildman–Crippen LogP) is 3.47. The van der Waals surface area contributed by atoms with Crippen LogP contribution in [0.15, 0.2) is 71.7 Å². The second-order valence-electron chi connectivity index (χ2n) is 6.74. The number of hydrogen-bond donors (Lipinski definition) is 1. The number of nitrogens with zero attached hydrogens (tertiary/aromatic N) is 3. The molecule has 1 N–H and O–H groups in total. The summed E-state index contributed by atoms with van der Waals surface area (Å²) in [7, 11) is 0. The molecule has 152 valence electrons. The number of halogens is 2. The molecule has 4 rings (SSSR count). The summed E-state index contributed by atoms with van der Waals surface area (Å²) in [6.45, 7) is 0.874. The number of nitrogens with one attached hydrogen (secondary N) is 1. The molecule has 1 amide bonds. The van der Waals surface area contributed by atoms with Crippen molar-refractivity contribution in [1.82, 2.24) is 19.4 Å². The first-order valence-corrected chi connectivity index (χ1v) is 9.73. The summed E-state index contributed by atoms with van der Waals surface area (Å²) in [5.41, 5.74) is 2.33. The summed E-state index contributed by atoms with van der Waals surface area (Å²) in [6.07, 6.45) is 1.63. The van der Waals surface area contributed by atoms with Gasteiger partial charge in [-0.2, -0.15) is 0 Å². The van der Waals surface area contributed by atoms with E-state index in [1.165, 1.54) is 16.7 Å². The van der Waals surface area contributed by atoms with E-state index in [4.69, 9.17) is 11.6 Å². The van der Waals surface area contributed by atoms with Crippen LogP contribution in [0.5, 0.6) is 0 Å². The fourth-order valence-corrected chi connectivity index (χ4v) is 3.47. The Morgan fingerprint density at radius 3 is 2.63 bits per heavy atom. The van der Waals surface area contributed by atoms with Gasteiger partial charge in [0.1, 0.15) is 5.82 Å². The van der Waals surface area contributed by atoms with E-state index in [9.17, 15) is 14.0 Å². The van der Waals surface area contributed by atoms with Crippen molar-refractivity contribution in [1.29, 1.82) is 0 Å². The molecule has 0 radical (unpaired) electrons. The first-order chi connectivity index (χ1) is 14.5. The van der Waals surface area contributed by atoms with Gasteiger partial charge in [-0.15, -0.1) is 0 Å². The van der Waals surface area contributed by atoms with Crippen molar-refractivity contribution in [2.24, 2.45) is 0 Å². The third kappa shape index (κ3) is 3.97. The summed E-state index contributed by atoms with van der Waals surface area (Å²) in [5, 5.41) is 2.61. The van der Waals surface area contributed by atoms with Gasteiger partial charge in [-0.25, -0.2) is 14.2 Å². The molecule has 0 saturated carbocycles. The molecular formula is C22H18ClFN4O2. The van der Waals surface area contributed by atoms with Gasteiger partial charge in [0.2, 0.25) is 0 Å². The van der Waals surface area contributed by atoms with E-state index in [0.717, 1.165) is 17.1 Å². The minimum atomic E-state index is -0.586. The monoisotopic (exact) mass is 424 g/mol. The van der Waals surface area contributed by atoms with E-state index in [0.29, 0.717) is 12.2 Å². The molecule has 2 aromatic heterocycles. The lowest BCUT2D eigenvalue weighted by Gasteiger charge is -2.07. The molecule has 0 saturated heterocycles. The number of hydrogen-bond acceptors (Lipinski definition) is 3. The highest BCUT2D eigenvalue weighted by atomic mass is 35.5. The molecule has 0 fully saturated rings. The van der Waals surface area contributed by atoms with E-state index in [1.807, 2.05) is 36.4 Å². The largest absolute Gasteiger partial charge is 0.350 e. The molecular weight excluding hydrogens is 407 g/mol. The average molecular weight is 425 g/mol. The lowest BCUT2D eigenvalue weighted by Crippen LogP contribution is -2.32. The standard InChI is InChI=1S/C22H18ClFN4O2/c23-17-13-16(8-9-18(17)24)21(29)26-11-12-27-20-19(7-4-10-25-20)28(22(27)30)14-15-5-2-1-3-6-15/h1-10,13H,11-12,14H2,(H,26,29). The van der Waals surface area contributed by atoms with Gasteiger partial charge in [0, 0.05) is 24.8 Å². The van der Waals surface area contributed by atoms with Gasteiger partial charge in [-0.1, -0.05) is 41.9 Å². The lowest BCUT2D eigenvalue weighted by molar-refractivity contribution is 0.0952. The smallest absolute Gasteiger partial charge is 0.330 e. The van der Waals surface area contributed by atoms with Crippen LogP contribution in [0.3, 0.4) is 0 Å². The zero-order chi connectivity index (χ0) is 21.1. The Labute approximate surface area is 176 Å². The van der Waals surface area contributed by atoms with Crippen LogP contribution in [0.4, 0.5) is 4.39 Å². The SMILES string of the molecule is O=C(NCCn1c(=O)n(Cc2ccccc2)c2cccnc21)c1ccc(F)c(Cl)c1. The van der Waals surface area contributed by atoms with E-state index in [-0.39, 0.29) is 29.4 Å². The summed E-state index contributed by atoms with van der Waals surface area (Å²) in [6, 6.07) is 17.1. The van der Waals surface area contributed by atoms with Gasteiger partial charge < -0.3 is 5.32 Å². The Kier molecular flexibility index (Phi) is 5.63. The molecule has 6 nitrogen and oxygen atoms in total. The molecule has 8 heteroatoms. The summed E-state index contributed by atoms with van der Waals surface area (Å²) >= 11 is 5.73. The maximum absolute atomic E-state index is 13.3. The van der Waals surface area contributed by atoms with Gasteiger partial charge in [-0.05, 0) is 35.9 Å². The fraction of sp³-hybridized carbons (Fsp3) is 0.136. The van der Waals surface area contributed by atoms with Crippen molar-refractivity contribution in [2.75, 3.05) is 6.54 Å². The number of carbonyl (C=O) groups is 1. The molecule has 2 aromatic carbocycles. The minimum Gasteiger partial charge on any atom is -0.350 e. The first-order valence-electron chi connectivity index (χ1n) is 9.36. The molecule has 0 aliphatic rings. The van der Waals surface area contributed by atoms with E-state index in [1.54, 1.807) is 16.8 Å². The van der Waals surface area contributed by atoms with Crippen molar-refractivity contribution in [3.63, 3.8) is 0 Å². The molecule has 0 bridgehead atoms. The van der Waals surface area contributed by atoms with Crippen LogP contribution >= 0.6 is 11.6 Å². The van der Waals surface area contributed by atoms with Gasteiger partial charge in [0.05, 0.1) is 17.1 Å². The molecule has 30 heavy (non-hydrogen) atoms. The summed E-state index contributed by atoms with van der Waals surface area (Å²) in [4.78, 5) is 29.7. The molecule has 0 aliphatic carbocycles. The minimum absolute atomic E-state index is 0.118. The molecule has 2 heterocycles. The number of carbonyl (C=O) groups excluding carboxylic acids is 1. The number of aromatic nitrogens is 3. The average Bonchev–Trinajstić information content (AvgIpc) is 3.02. The Morgan fingerprint density at radius 1 is 1.07 bits per heavy atom. The highest BCUT2D eigenvalue weighted by Gasteiger charge is 2.15. The fourth-order valence-electron chi connectivity index (χ4n) is 3.29. The van der Waals surface area contributed by atoms with Gasteiger partial charge >= 0.3 is 5.69 Å². The van der Waals surface area contributed by atoms with Crippen molar-refractivity contribution in [2.45, 2.75) is 13.1 Å². The zero-order valence-electron chi connectivity index (χ0n) is 15.9. The van der Waals surface area contributed by atoms with E-state index in [2.05, 4.69) is 10.3 Å². The number of benzene rings is 2. The van der Waals surface area contributed by atoms with E-state index >= 15 is 0 Å². The number of rotatable bonds is 6. The highest BCUT2D eigenvalue weighted by molar-refractivity contribution is 6.31. The first kappa shape index (κ1) is 19.8. The predicted molar refractivity (Wildman–Crippen MR) is 113 cm³/mol. The van der Waals surface area contributed by atoms with Crippen LogP contribution in [-0.4, -0.2) is 26.6 Å². The zero-order valence-corrected chi connectivity index (χ0v) is 16.6. The summed E-state index contributed by atoms with van der Waals surface area (Å²) in [5.74, 6) is -0.983. The van der Waals surface area contributed by atoms with Crippen LogP contribution in [-0.2, 0) is 13.1 Å². The molecule has 0 spiro atoms. The topological polar surface area (TPSA) is 68.9 Å². The molecule has 0 unspecified atom stereocenters. The van der Waals surface area contributed by atoms with Crippen molar-refractivity contribution < 1.29 is 9.18 Å². The highest BCUT2D eigenvalue weighted by Crippen LogP contribution is 2.16. The van der Waals surface area contributed by atoms with Crippen molar-refractivity contribution in [3.8, 4) is 0 Å². The second kappa shape index (κ2) is 8.51. The second-order valence-corrected chi connectivity index (χ2v) is 7.14. The summed E-state index contributed by atoms with van der Waals surface area (Å²) < 4.78 is 16.5. The Balaban J connectivity index is 1.54. The number of fused-ring (bicyclic) bond motifs is 1. The third-order valence-corrected chi connectivity index (χ3v) is 5.05. The van der Waals surface area contributed by atoms with Crippen molar-refractivity contribution >= 4 is 28.7 Å². The van der Waals surface area contributed by atoms with Crippen LogP contribution in [0.25, 0.3) is 11.2 Å². The normalized spacial score (nSPS) is 11.0. The number of amides is 1. The maximum atomic E-state index is 13.3.